The Balaban J connectivity index is 1.75. The van der Waals surface area contributed by atoms with Gasteiger partial charge >= 0.3 is 0 Å². The number of amides is 1. The molecular weight excluding hydrogens is 364 g/mol. The van der Waals surface area contributed by atoms with E-state index in [4.69, 9.17) is 0 Å². The van der Waals surface area contributed by atoms with Crippen molar-refractivity contribution in [1.82, 2.24) is 15.1 Å². The summed E-state index contributed by atoms with van der Waals surface area (Å²) in [6, 6.07) is 6.11. The first kappa shape index (κ1) is 16.9. The molecule has 1 aromatic carbocycles. The Labute approximate surface area is 141 Å². The second-order valence-electron chi connectivity index (χ2n) is 4.75. The minimum Gasteiger partial charge on any atom is -0.352 e. The zero-order chi connectivity index (χ0) is 16.7. The van der Waals surface area contributed by atoms with Gasteiger partial charge in [-0.2, -0.15) is 5.10 Å². The molecule has 0 spiro atoms. The van der Waals surface area contributed by atoms with Crippen LogP contribution in [-0.2, 0) is 11.3 Å². The predicted molar refractivity (Wildman–Crippen MR) is 89.7 cm³/mol. The fourth-order valence-corrected chi connectivity index (χ4v) is 2.21. The summed E-state index contributed by atoms with van der Waals surface area (Å²) in [7, 11) is 0. The van der Waals surface area contributed by atoms with Crippen LogP contribution in [0.4, 0.5) is 5.69 Å². The number of rotatable bonds is 7. The SMILES string of the molecule is O=C(/C=C/c1cccc([N+](=O)[O-])c1)NCCCn1cc(Br)cn1. The van der Waals surface area contributed by atoms with E-state index in [1.165, 1.54) is 18.2 Å². The van der Waals surface area contributed by atoms with Crippen LogP contribution in [0.25, 0.3) is 6.08 Å². The Morgan fingerprint density at radius 2 is 2.30 bits per heavy atom. The number of carbonyl (C=O) groups is 1. The van der Waals surface area contributed by atoms with Crippen molar-refractivity contribution in [3.05, 3.63) is 62.9 Å². The molecule has 23 heavy (non-hydrogen) atoms. The van der Waals surface area contributed by atoms with E-state index in [1.807, 2.05) is 6.20 Å². The van der Waals surface area contributed by atoms with Crippen molar-refractivity contribution >= 4 is 33.6 Å². The summed E-state index contributed by atoms with van der Waals surface area (Å²) in [5.74, 6) is -0.238. The van der Waals surface area contributed by atoms with Crippen LogP contribution >= 0.6 is 15.9 Å². The zero-order valence-corrected chi connectivity index (χ0v) is 13.8. The van der Waals surface area contributed by atoms with E-state index in [0.29, 0.717) is 18.7 Å². The van der Waals surface area contributed by atoms with Gasteiger partial charge in [-0.3, -0.25) is 19.6 Å². The summed E-state index contributed by atoms with van der Waals surface area (Å²) in [5.41, 5.74) is 0.605. The highest BCUT2D eigenvalue weighted by Gasteiger charge is 2.04. The molecule has 8 heteroatoms. The van der Waals surface area contributed by atoms with Crippen LogP contribution in [-0.4, -0.2) is 27.2 Å². The molecule has 1 aromatic heterocycles. The van der Waals surface area contributed by atoms with Crippen LogP contribution < -0.4 is 5.32 Å². The molecule has 0 saturated heterocycles. The number of nitro groups is 1. The number of non-ortho nitro benzene ring substituents is 1. The second kappa shape index (κ2) is 8.23. The van der Waals surface area contributed by atoms with E-state index in [1.54, 1.807) is 29.1 Å². The molecular formula is C15H15BrN4O3. The summed E-state index contributed by atoms with van der Waals surface area (Å²) in [6.45, 7) is 1.23. The maximum atomic E-state index is 11.7. The number of aryl methyl sites for hydroxylation is 1. The average molecular weight is 379 g/mol. The highest BCUT2D eigenvalue weighted by molar-refractivity contribution is 9.10. The molecule has 0 radical (unpaired) electrons. The lowest BCUT2D eigenvalue weighted by atomic mass is 10.2. The lowest BCUT2D eigenvalue weighted by Gasteiger charge is -2.02. The Bertz CT molecular complexity index is 727. The standard InChI is InChI=1S/C15H15BrN4O3/c16-13-10-18-19(11-13)8-2-7-17-15(21)6-5-12-3-1-4-14(9-12)20(22)23/h1,3-6,9-11H,2,7-8H2,(H,17,21)/b6-5+. The van der Waals surface area contributed by atoms with Crippen molar-refractivity contribution in [3.8, 4) is 0 Å². The number of nitrogens with one attached hydrogen (secondary N) is 1. The van der Waals surface area contributed by atoms with E-state index in [2.05, 4.69) is 26.3 Å². The Hall–Kier alpha value is -2.48. The largest absolute Gasteiger partial charge is 0.352 e. The first-order valence-corrected chi connectivity index (χ1v) is 7.72. The van der Waals surface area contributed by atoms with E-state index in [0.717, 1.165) is 10.9 Å². The molecule has 0 saturated carbocycles. The fraction of sp³-hybridized carbons (Fsp3) is 0.200. The lowest BCUT2D eigenvalue weighted by Crippen LogP contribution is -2.23. The Morgan fingerprint density at radius 3 is 3.00 bits per heavy atom. The molecule has 0 bridgehead atoms. The normalized spacial score (nSPS) is 10.8. The molecule has 1 N–H and O–H groups in total. The predicted octanol–water partition coefficient (Wildman–Crippen LogP) is 2.77. The third-order valence-corrected chi connectivity index (χ3v) is 3.38. The van der Waals surface area contributed by atoms with Crippen molar-refractivity contribution in [2.75, 3.05) is 6.54 Å². The topological polar surface area (TPSA) is 90.1 Å². The van der Waals surface area contributed by atoms with Gasteiger partial charge in [-0.25, -0.2) is 0 Å². The van der Waals surface area contributed by atoms with Crippen LogP contribution in [0.3, 0.4) is 0 Å². The number of hydrogen-bond acceptors (Lipinski definition) is 4. The molecule has 2 rings (SSSR count). The number of nitro benzene ring substituents is 1. The van der Waals surface area contributed by atoms with E-state index >= 15 is 0 Å². The molecule has 2 aromatic rings. The number of carbonyl (C=O) groups excluding carboxylic acids is 1. The maximum Gasteiger partial charge on any atom is 0.270 e. The summed E-state index contributed by atoms with van der Waals surface area (Å²) in [6.07, 6.45) is 7.24. The number of hydrogen-bond donors (Lipinski definition) is 1. The van der Waals surface area contributed by atoms with Gasteiger partial charge in [-0.15, -0.1) is 0 Å². The smallest absolute Gasteiger partial charge is 0.270 e. The maximum absolute atomic E-state index is 11.7. The van der Waals surface area contributed by atoms with Gasteiger partial charge in [-0.05, 0) is 34.0 Å². The average Bonchev–Trinajstić information content (AvgIpc) is 2.95. The van der Waals surface area contributed by atoms with Crippen molar-refractivity contribution in [3.63, 3.8) is 0 Å². The van der Waals surface area contributed by atoms with Crippen molar-refractivity contribution in [2.45, 2.75) is 13.0 Å². The fourth-order valence-electron chi connectivity index (χ4n) is 1.89. The van der Waals surface area contributed by atoms with Gasteiger partial charge in [0.15, 0.2) is 0 Å². The Morgan fingerprint density at radius 1 is 1.48 bits per heavy atom. The highest BCUT2D eigenvalue weighted by atomic mass is 79.9. The summed E-state index contributed by atoms with van der Waals surface area (Å²) >= 11 is 3.32. The molecule has 1 heterocycles. The van der Waals surface area contributed by atoms with Gasteiger partial charge in [0.1, 0.15) is 0 Å². The third-order valence-electron chi connectivity index (χ3n) is 2.97. The van der Waals surface area contributed by atoms with E-state index in [9.17, 15) is 14.9 Å². The molecule has 120 valence electrons. The summed E-state index contributed by atoms with van der Waals surface area (Å²) in [5, 5.41) is 17.6. The number of benzene rings is 1. The van der Waals surface area contributed by atoms with Gasteiger partial charge in [0.25, 0.3) is 5.69 Å². The number of aromatic nitrogens is 2. The van der Waals surface area contributed by atoms with Gasteiger partial charge < -0.3 is 5.32 Å². The van der Waals surface area contributed by atoms with E-state index in [-0.39, 0.29) is 11.6 Å². The minimum atomic E-state index is -0.467. The first-order chi connectivity index (χ1) is 11.0. The van der Waals surface area contributed by atoms with Crippen LogP contribution in [0.15, 0.2) is 47.2 Å². The van der Waals surface area contributed by atoms with Crippen LogP contribution in [0.5, 0.6) is 0 Å². The van der Waals surface area contributed by atoms with Crippen molar-refractivity contribution in [1.29, 1.82) is 0 Å². The molecule has 0 fully saturated rings. The van der Waals surface area contributed by atoms with E-state index < -0.39 is 4.92 Å². The molecule has 0 atom stereocenters. The zero-order valence-electron chi connectivity index (χ0n) is 12.2. The highest BCUT2D eigenvalue weighted by Crippen LogP contribution is 2.14. The number of halogens is 1. The van der Waals surface area contributed by atoms with Crippen LogP contribution in [0.2, 0.25) is 0 Å². The van der Waals surface area contributed by atoms with Crippen LogP contribution in [0, 0.1) is 10.1 Å². The molecule has 0 aliphatic rings. The first-order valence-electron chi connectivity index (χ1n) is 6.93. The van der Waals surface area contributed by atoms with Gasteiger partial charge in [0, 0.05) is 37.5 Å². The molecule has 7 nitrogen and oxygen atoms in total. The monoisotopic (exact) mass is 378 g/mol. The van der Waals surface area contributed by atoms with Crippen LogP contribution in [0.1, 0.15) is 12.0 Å². The molecule has 0 unspecified atom stereocenters. The second-order valence-corrected chi connectivity index (χ2v) is 5.67. The molecule has 1 amide bonds. The molecule has 0 aliphatic heterocycles. The quantitative estimate of drug-likeness (QED) is 0.347. The minimum absolute atomic E-state index is 0.00191. The summed E-state index contributed by atoms with van der Waals surface area (Å²) < 4.78 is 2.70. The number of nitrogens with zero attached hydrogens (tertiary/aromatic N) is 3. The molecule has 0 aliphatic carbocycles. The third kappa shape index (κ3) is 5.67. The van der Waals surface area contributed by atoms with Gasteiger partial charge in [0.2, 0.25) is 5.91 Å². The van der Waals surface area contributed by atoms with Crippen molar-refractivity contribution < 1.29 is 9.72 Å². The lowest BCUT2D eigenvalue weighted by molar-refractivity contribution is -0.384. The summed E-state index contributed by atoms with van der Waals surface area (Å²) in [4.78, 5) is 21.9. The van der Waals surface area contributed by atoms with Crippen molar-refractivity contribution in [2.24, 2.45) is 0 Å². The van der Waals surface area contributed by atoms with Gasteiger partial charge in [-0.1, -0.05) is 12.1 Å². The Kier molecular flexibility index (Phi) is 6.04. The van der Waals surface area contributed by atoms with Gasteiger partial charge in [0.05, 0.1) is 15.6 Å².